The number of rotatable bonds is 5. The summed E-state index contributed by atoms with van der Waals surface area (Å²) in [6.45, 7) is 6.22. The smallest absolute Gasteiger partial charge is 0.293 e. The summed E-state index contributed by atoms with van der Waals surface area (Å²) >= 11 is 0. The van der Waals surface area contributed by atoms with E-state index < -0.39 is 11.6 Å². The minimum Gasteiger partial charge on any atom is -0.504 e. The molecule has 0 amide bonds. The summed E-state index contributed by atoms with van der Waals surface area (Å²) in [6, 6.07) is 3.40. The quantitative estimate of drug-likeness (QED) is 0.466. The predicted molar refractivity (Wildman–Crippen MR) is 78.5 cm³/mol. The molecule has 0 spiro atoms. The lowest BCUT2D eigenvalue weighted by Crippen LogP contribution is -1.93. The van der Waals surface area contributed by atoms with Crippen LogP contribution < -0.4 is 0 Å². The van der Waals surface area contributed by atoms with E-state index in [0.29, 0.717) is 18.7 Å². The lowest BCUT2D eigenvalue weighted by atomic mass is 9.99. The Kier molecular flexibility index (Phi) is 9.50. The number of allylic oxidation sites excluding steroid dienone is 3. The third-order valence-corrected chi connectivity index (χ3v) is 2.46. The zero-order chi connectivity index (χ0) is 16.3. The molecule has 0 saturated heterocycles. The molecule has 0 aliphatic rings. The highest BCUT2D eigenvalue weighted by molar-refractivity contribution is 5.78. The fraction of sp³-hybridized carbons (Fsp3) is 0.312. The van der Waals surface area contributed by atoms with Crippen LogP contribution in [0.25, 0.3) is 5.57 Å². The maximum absolute atomic E-state index is 13.5. The van der Waals surface area contributed by atoms with Crippen molar-refractivity contribution in [3.8, 4) is 0 Å². The zero-order valence-electron chi connectivity index (χ0n) is 12.7. The predicted octanol–water partition coefficient (Wildman–Crippen LogP) is 4.10. The van der Waals surface area contributed by atoms with E-state index in [4.69, 9.17) is 4.74 Å². The number of methoxy groups -OCH3 is 1. The minimum absolute atomic E-state index is 0.244. The normalized spacial score (nSPS) is 11.3. The van der Waals surface area contributed by atoms with Gasteiger partial charge >= 0.3 is 0 Å². The van der Waals surface area contributed by atoms with E-state index in [1.165, 1.54) is 19.4 Å². The second-order valence-corrected chi connectivity index (χ2v) is 3.91. The van der Waals surface area contributed by atoms with E-state index in [-0.39, 0.29) is 5.56 Å². The molecule has 1 rings (SSSR count). The average molecular weight is 298 g/mol. The second kappa shape index (κ2) is 10.6. The molecule has 21 heavy (non-hydrogen) atoms. The third kappa shape index (κ3) is 6.70. The summed E-state index contributed by atoms with van der Waals surface area (Å²) < 4.78 is 35.6. The van der Waals surface area contributed by atoms with E-state index in [1.54, 1.807) is 26.8 Å². The first-order chi connectivity index (χ1) is 10.0. The van der Waals surface area contributed by atoms with Gasteiger partial charge in [0.1, 0.15) is 11.6 Å². The van der Waals surface area contributed by atoms with Crippen LogP contribution in [-0.2, 0) is 14.3 Å². The van der Waals surface area contributed by atoms with Crippen LogP contribution in [0.5, 0.6) is 0 Å². The lowest BCUT2D eigenvalue weighted by Gasteiger charge is -2.09. The summed E-state index contributed by atoms with van der Waals surface area (Å²) in [7, 11) is 1.51. The van der Waals surface area contributed by atoms with Crippen molar-refractivity contribution in [1.29, 1.82) is 0 Å². The molecule has 0 aliphatic carbocycles. The maximum atomic E-state index is 13.5. The Morgan fingerprint density at radius 3 is 2.43 bits per heavy atom. The minimum atomic E-state index is -0.457. The van der Waals surface area contributed by atoms with E-state index in [0.717, 1.165) is 17.7 Å². The van der Waals surface area contributed by atoms with E-state index >= 15 is 0 Å². The molecule has 0 heterocycles. The Morgan fingerprint density at radius 1 is 1.33 bits per heavy atom. The SMILES string of the molecule is C/C=C(/C(C)=C/OC)c1cc(F)ccc1F.CCOC=O. The van der Waals surface area contributed by atoms with Gasteiger partial charge in [-0.25, -0.2) is 8.78 Å². The van der Waals surface area contributed by atoms with Crippen LogP contribution in [0.2, 0.25) is 0 Å². The Morgan fingerprint density at radius 2 is 2.00 bits per heavy atom. The van der Waals surface area contributed by atoms with Crippen molar-refractivity contribution in [3.05, 3.63) is 53.3 Å². The highest BCUT2D eigenvalue weighted by Gasteiger charge is 2.10. The summed E-state index contributed by atoms with van der Waals surface area (Å²) in [5.41, 5.74) is 1.61. The highest BCUT2D eigenvalue weighted by Crippen LogP contribution is 2.25. The van der Waals surface area contributed by atoms with Crippen LogP contribution in [0.1, 0.15) is 26.3 Å². The van der Waals surface area contributed by atoms with Crippen LogP contribution in [0, 0.1) is 11.6 Å². The number of hydrogen-bond donors (Lipinski definition) is 0. The van der Waals surface area contributed by atoms with Gasteiger partial charge in [0.25, 0.3) is 6.47 Å². The van der Waals surface area contributed by atoms with Crippen LogP contribution in [0.3, 0.4) is 0 Å². The van der Waals surface area contributed by atoms with Crippen molar-refractivity contribution in [1.82, 2.24) is 0 Å². The Balaban J connectivity index is 0.000000690. The fourth-order valence-electron chi connectivity index (χ4n) is 1.61. The summed E-state index contributed by atoms with van der Waals surface area (Å²) in [5, 5.41) is 0. The van der Waals surface area contributed by atoms with Crippen LogP contribution in [0.15, 0.2) is 36.1 Å². The van der Waals surface area contributed by atoms with Gasteiger partial charge in [0.15, 0.2) is 0 Å². The monoisotopic (exact) mass is 298 g/mol. The topological polar surface area (TPSA) is 35.5 Å². The molecule has 3 nitrogen and oxygen atoms in total. The second-order valence-electron chi connectivity index (χ2n) is 3.91. The number of benzene rings is 1. The molecule has 0 fully saturated rings. The van der Waals surface area contributed by atoms with Crippen LogP contribution in [0.4, 0.5) is 8.78 Å². The lowest BCUT2D eigenvalue weighted by molar-refractivity contribution is -0.128. The zero-order valence-corrected chi connectivity index (χ0v) is 12.7. The van der Waals surface area contributed by atoms with Crippen molar-refractivity contribution >= 4 is 12.0 Å². The van der Waals surface area contributed by atoms with E-state index in [2.05, 4.69) is 4.74 Å². The molecular weight excluding hydrogens is 278 g/mol. The van der Waals surface area contributed by atoms with Crippen molar-refractivity contribution in [2.75, 3.05) is 13.7 Å². The van der Waals surface area contributed by atoms with Crippen LogP contribution in [-0.4, -0.2) is 20.2 Å². The Bertz CT molecular complexity index is 508. The molecule has 0 bridgehead atoms. The van der Waals surface area contributed by atoms with Gasteiger partial charge in [0, 0.05) is 5.56 Å². The van der Waals surface area contributed by atoms with Gasteiger partial charge < -0.3 is 9.47 Å². The van der Waals surface area contributed by atoms with E-state index in [9.17, 15) is 13.6 Å². The van der Waals surface area contributed by atoms with E-state index in [1.807, 2.05) is 0 Å². The molecule has 116 valence electrons. The van der Waals surface area contributed by atoms with Crippen molar-refractivity contribution in [3.63, 3.8) is 0 Å². The summed E-state index contributed by atoms with van der Waals surface area (Å²) in [5.74, 6) is -0.903. The molecule has 0 saturated carbocycles. The molecular formula is C16H20F2O3. The molecule has 0 N–H and O–H groups in total. The van der Waals surface area contributed by atoms with Gasteiger partial charge in [0.2, 0.25) is 0 Å². The maximum Gasteiger partial charge on any atom is 0.293 e. The third-order valence-electron chi connectivity index (χ3n) is 2.46. The number of carbonyl (C=O) groups is 1. The first kappa shape index (κ1) is 18.8. The van der Waals surface area contributed by atoms with Crippen molar-refractivity contribution in [2.24, 2.45) is 0 Å². The van der Waals surface area contributed by atoms with Gasteiger partial charge in [0.05, 0.1) is 20.0 Å². The van der Waals surface area contributed by atoms with Gasteiger partial charge in [-0.15, -0.1) is 0 Å². The number of carbonyl (C=O) groups excluding carboxylic acids is 1. The first-order valence-electron chi connectivity index (χ1n) is 6.38. The average Bonchev–Trinajstić information content (AvgIpc) is 2.45. The largest absolute Gasteiger partial charge is 0.504 e. The van der Waals surface area contributed by atoms with Gasteiger partial charge in [-0.1, -0.05) is 6.08 Å². The van der Waals surface area contributed by atoms with Crippen molar-refractivity contribution in [2.45, 2.75) is 20.8 Å². The summed E-state index contributed by atoms with van der Waals surface area (Å²) in [4.78, 5) is 9.18. The van der Waals surface area contributed by atoms with Crippen LogP contribution >= 0.6 is 0 Å². The fourth-order valence-corrected chi connectivity index (χ4v) is 1.61. The summed E-state index contributed by atoms with van der Waals surface area (Å²) in [6.07, 6.45) is 3.22. The highest BCUT2D eigenvalue weighted by atomic mass is 19.1. The molecule has 0 aromatic heterocycles. The molecule has 1 aromatic rings. The molecule has 1 aromatic carbocycles. The van der Waals surface area contributed by atoms with Gasteiger partial charge in [-0.05, 0) is 50.1 Å². The number of halogens is 2. The molecule has 0 radical (unpaired) electrons. The number of hydrogen-bond acceptors (Lipinski definition) is 3. The van der Waals surface area contributed by atoms with Gasteiger partial charge in [-0.3, -0.25) is 4.79 Å². The molecule has 5 heteroatoms. The van der Waals surface area contributed by atoms with Crippen molar-refractivity contribution < 1.29 is 23.0 Å². The number of ether oxygens (including phenoxy) is 2. The standard InChI is InChI=1S/C13H14F2O.C3H6O2/c1-4-11(9(2)8-16-3)12-7-10(14)5-6-13(12)15;1-2-5-3-4/h4-8H,1-3H3;3H,2H2,1H3/b9-8+,11-4-;. The Hall–Kier alpha value is -2.17. The Labute approximate surface area is 123 Å². The molecule has 0 unspecified atom stereocenters. The first-order valence-corrected chi connectivity index (χ1v) is 6.38. The molecule has 0 aliphatic heterocycles. The molecule has 0 atom stereocenters. The van der Waals surface area contributed by atoms with Gasteiger partial charge in [-0.2, -0.15) is 0 Å².